The third-order valence-corrected chi connectivity index (χ3v) is 3.86. The Hall–Kier alpha value is -2.95. The first-order chi connectivity index (χ1) is 11.6. The molecule has 0 fully saturated rings. The lowest BCUT2D eigenvalue weighted by molar-refractivity contribution is 0.0526. The molecule has 0 aliphatic heterocycles. The summed E-state index contributed by atoms with van der Waals surface area (Å²) in [6, 6.07) is 14.4. The number of carbonyl (C=O) groups is 1. The summed E-state index contributed by atoms with van der Waals surface area (Å²) >= 11 is 0. The van der Waals surface area contributed by atoms with Crippen molar-refractivity contribution in [1.29, 1.82) is 0 Å². The van der Waals surface area contributed by atoms with E-state index in [1.807, 2.05) is 37.3 Å². The Morgan fingerprint density at radius 1 is 1.12 bits per heavy atom. The maximum Gasteiger partial charge on any atom is 0.338 e. The molecule has 0 spiro atoms. The van der Waals surface area contributed by atoms with E-state index >= 15 is 0 Å². The fourth-order valence-electron chi connectivity index (χ4n) is 2.61. The summed E-state index contributed by atoms with van der Waals surface area (Å²) in [5.74, 6) is 0.318. The van der Waals surface area contributed by atoms with Crippen LogP contribution in [0.5, 0.6) is 0 Å². The van der Waals surface area contributed by atoms with Gasteiger partial charge in [0.05, 0.1) is 29.6 Å². The first-order valence-corrected chi connectivity index (χ1v) is 7.82. The van der Waals surface area contributed by atoms with E-state index in [0.717, 1.165) is 5.56 Å². The lowest BCUT2D eigenvalue weighted by Crippen LogP contribution is -2.24. The Bertz CT molecular complexity index is 943. The molecule has 0 unspecified atom stereocenters. The van der Waals surface area contributed by atoms with Crippen LogP contribution in [-0.2, 0) is 11.3 Å². The van der Waals surface area contributed by atoms with Gasteiger partial charge in [-0.05, 0) is 43.7 Å². The number of carbonyl (C=O) groups excluding carboxylic acids is 1. The smallest absolute Gasteiger partial charge is 0.338 e. The average molecular weight is 322 g/mol. The molecular formula is C19H18N2O3. The largest absolute Gasteiger partial charge is 0.462 e. The minimum absolute atomic E-state index is 0.0624. The van der Waals surface area contributed by atoms with E-state index in [1.165, 1.54) is 0 Å². The minimum atomic E-state index is -0.343. The zero-order chi connectivity index (χ0) is 17.1. The normalized spacial score (nSPS) is 10.8. The second-order valence-electron chi connectivity index (χ2n) is 5.48. The van der Waals surface area contributed by atoms with Gasteiger partial charge in [0.15, 0.2) is 0 Å². The number of rotatable bonds is 4. The van der Waals surface area contributed by atoms with Crippen molar-refractivity contribution in [3.63, 3.8) is 0 Å². The fourth-order valence-corrected chi connectivity index (χ4v) is 2.61. The molecule has 0 bridgehead atoms. The third-order valence-electron chi connectivity index (χ3n) is 3.86. The van der Waals surface area contributed by atoms with Crippen LogP contribution in [0.1, 0.15) is 28.7 Å². The molecule has 3 aromatic rings. The van der Waals surface area contributed by atoms with Gasteiger partial charge in [-0.3, -0.25) is 9.36 Å². The van der Waals surface area contributed by atoms with Gasteiger partial charge in [0.2, 0.25) is 0 Å². The molecule has 1 aromatic heterocycles. The highest BCUT2D eigenvalue weighted by Crippen LogP contribution is 2.11. The number of aryl methyl sites for hydroxylation is 1. The summed E-state index contributed by atoms with van der Waals surface area (Å²) in [6.07, 6.45) is 0. The molecule has 2 aromatic carbocycles. The number of aromatic nitrogens is 2. The van der Waals surface area contributed by atoms with Gasteiger partial charge in [-0.15, -0.1) is 0 Å². The van der Waals surface area contributed by atoms with Crippen LogP contribution in [0, 0.1) is 6.92 Å². The second-order valence-corrected chi connectivity index (χ2v) is 5.48. The number of fused-ring (bicyclic) bond motifs is 1. The molecule has 0 amide bonds. The summed E-state index contributed by atoms with van der Waals surface area (Å²) in [5.41, 5.74) is 2.06. The molecule has 0 radical (unpaired) electrons. The molecule has 3 rings (SSSR count). The van der Waals surface area contributed by atoms with E-state index in [0.29, 0.717) is 35.4 Å². The maximum atomic E-state index is 12.7. The molecule has 0 saturated heterocycles. The van der Waals surface area contributed by atoms with Gasteiger partial charge in [0.25, 0.3) is 5.56 Å². The van der Waals surface area contributed by atoms with Crippen LogP contribution in [0.25, 0.3) is 10.9 Å². The molecule has 1 heterocycles. The van der Waals surface area contributed by atoms with Gasteiger partial charge in [0, 0.05) is 0 Å². The molecule has 0 aliphatic carbocycles. The number of para-hydroxylation sites is 1. The zero-order valence-corrected chi connectivity index (χ0v) is 13.7. The third kappa shape index (κ3) is 3.06. The Labute approximate surface area is 139 Å². The highest BCUT2D eigenvalue weighted by atomic mass is 16.5. The van der Waals surface area contributed by atoms with Gasteiger partial charge >= 0.3 is 5.97 Å². The van der Waals surface area contributed by atoms with Crippen molar-refractivity contribution >= 4 is 16.9 Å². The van der Waals surface area contributed by atoms with Crippen molar-refractivity contribution in [3.05, 3.63) is 75.8 Å². The first-order valence-electron chi connectivity index (χ1n) is 7.82. The summed E-state index contributed by atoms with van der Waals surface area (Å²) < 4.78 is 6.61. The van der Waals surface area contributed by atoms with Crippen molar-refractivity contribution < 1.29 is 9.53 Å². The molecule has 24 heavy (non-hydrogen) atoms. The number of hydrogen-bond acceptors (Lipinski definition) is 4. The number of ether oxygens (including phenoxy) is 1. The quantitative estimate of drug-likeness (QED) is 0.693. The molecule has 5 nitrogen and oxygen atoms in total. The predicted octanol–water partition coefficient (Wildman–Crippen LogP) is 2.93. The average Bonchev–Trinajstić information content (AvgIpc) is 2.59. The van der Waals surface area contributed by atoms with Crippen LogP contribution < -0.4 is 5.56 Å². The van der Waals surface area contributed by atoms with E-state index in [4.69, 9.17) is 4.74 Å². The minimum Gasteiger partial charge on any atom is -0.462 e. The SMILES string of the molecule is CCOC(=O)c1ccc(Cn2c(C)nc3ccccc3c2=O)cc1. The summed E-state index contributed by atoms with van der Waals surface area (Å²) in [4.78, 5) is 28.8. The van der Waals surface area contributed by atoms with E-state index in [-0.39, 0.29) is 11.5 Å². The van der Waals surface area contributed by atoms with Gasteiger partial charge in [0.1, 0.15) is 5.82 Å². The lowest BCUT2D eigenvalue weighted by Gasteiger charge is -2.11. The van der Waals surface area contributed by atoms with Gasteiger partial charge in [-0.1, -0.05) is 24.3 Å². The van der Waals surface area contributed by atoms with Crippen LogP contribution in [-0.4, -0.2) is 22.1 Å². The van der Waals surface area contributed by atoms with Crippen molar-refractivity contribution in [2.75, 3.05) is 6.61 Å². The second kappa shape index (κ2) is 6.66. The van der Waals surface area contributed by atoms with Crippen LogP contribution >= 0.6 is 0 Å². The standard InChI is InChI=1S/C19H18N2O3/c1-3-24-19(23)15-10-8-14(9-11-15)12-21-13(2)20-17-7-5-4-6-16(17)18(21)22/h4-11H,3,12H2,1-2H3. The number of esters is 1. The van der Waals surface area contributed by atoms with Crippen LogP contribution in [0.3, 0.4) is 0 Å². The number of benzene rings is 2. The van der Waals surface area contributed by atoms with Gasteiger partial charge < -0.3 is 4.74 Å². The van der Waals surface area contributed by atoms with Gasteiger partial charge in [-0.25, -0.2) is 9.78 Å². The fraction of sp³-hybridized carbons (Fsp3) is 0.211. The van der Waals surface area contributed by atoms with Crippen molar-refractivity contribution in [3.8, 4) is 0 Å². The predicted molar refractivity (Wildman–Crippen MR) is 92.2 cm³/mol. The van der Waals surface area contributed by atoms with E-state index in [2.05, 4.69) is 4.98 Å². The Morgan fingerprint density at radius 3 is 2.54 bits per heavy atom. The zero-order valence-electron chi connectivity index (χ0n) is 13.7. The molecule has 5 heteroatoms. The van der Waals surface area contributed by atoms with Crippen molar-refractivity contribution in [2.45, 2.75) is 20.4 Å². The Morgan fingerprint density at radius 2 is 1.83 bits per heavy atom. The molecular weight excluding hydrogens is 304 g/mol. The lowest BCUT2D eigenvalue weighted by atomic mass is 10.1. The summed E-state index contributed by atoms with van der Waals surface area (Å²) in [7, 11) is 0. The molecule has 122 valence electrons. The summed E-state index contributed by atoms with van der Waals surface area (Å²) in [6.45, 7) is 4.35. The highest BCUT2D eigenvalue weighted by molar-refractivity contribution is 5.89. The van der Waals surface area contributed by atoms with E-state index < -0.39 is 0 Å². The van der Waals surface area contributed by atoms with Crippen molar-refractivity contribution in [2.24, 2.45) is 0 Å². The highest BCUT2D eigenvalue weighted by Gasteiger charge is 2.09. The first kappa shape index (κ1) is 15.9. The van der Waals surface area contributed by atoms with Crippen LogP contribution in [0.4, 0.5) is 0 Å². The van der Waals surface area contributed by atoms with Crippen molar-refractivity contribution in [1.82, 2.24) is 9.55 Å². The van der Waals surface area contributed by atoms with Crippen LogP contribution in [0.2, 0.25) is 0 Å². The summed E-state index contributed by atoms with van der Waals surface area (Å²) in [5, 5.41) is 0.603. The Kier molecular flexibility index (Phi) is 4.42. The maximum absolute atomic E-state index is 12.7. The number of hydrogen-bond donors (Lipinski definition) is 0. The molecule has 0 aliphatic rings. The molecule has 0 N–H and O–H groups in total. The van der Waals surface area contributed by atoms with Gasteiger partial charge in [-0.2, -0.15) is 0 Å². The molecule has 0 atom stereocenters. The van der Waals surface area contributed by atoms with Crippen LogP contribution in [0.15, 0.2) is 53.3 Å². The van der Waals surface area contributed by atoms with E-state index in [9.17, 15) is 9.59 Å². The van der Waals surface area contributed by atoms with E-state index in [1.54, 1.807) is 29.7 Å². The number of nitrogens with zero attached hydrogens (tertiary/aromatic N) is 2. The Balaban J connectivity index is 1.93. The topological polar surface area (TPSA) is 61.2 Å². The monoisotopic (exact) mass is 322 g/mol. The molecule has 0 saturated carbocycles.